The van der Waals surface area contributed by atoms with Crippen molar-refractivity contribution in [1.29, 1.82) is 0 Å². The lowest BCUT2D eigenvalue weighted by Crippen LogP contribution is -2.71. The van der Waals surface area contributed by atoms with Crippen LogP contribution in [0.2, 0.25) is 0 Å². The van der Waals surface area contributed by atoms with Crippen LogP contribution >= 0.6 is 0 Å². The molecule has 4 aliphatic heterocycles. The summed E-state index contributed by atoms with van der Waals surface area (Å²) >= 11 is 0. The van der Waals surface area contributed by atoms with E-state index < -0.39 is 206 Å². The highest BCUT2D eigenvalue weighted by atomic mass is 16.8. The third kappa shape index (κ3) is 9.63. The maximum atomic E-state index is 15.4. The van der Waals surface area contributed by atoms with Crippen molar-refractivity contribution in [3.63, 3.8) is 0 Å². The summed E-state index contributed by atoms with van der Waals surface area (Å²) in [5.41, 5.74) is -7.33. The van der Waals surface area contributed by atoms with Crippen molar-refractivity contribution in [2.24, 2.45) is 50.2 Å². The zero-order chi connectivity index (χ0) is 58.1. The number of hydrogen-bond acceptors (Lipinski definition) is 24. The first-order valence-electron chi connectivity index (χ1n) is 27.7. The molecule has 25 nitrogen and oxygen atoms in total. The number of carbonyl (C=O) groups excluding carboxylic acids is 2. The van der Waals surface area contributed by atoms with Crippen LogP contribution in [0.4, 0.5) is 0 Å². The summed E-state index contributed by atoms with van der Waals surface area (Å²) in [6.07, 6.45) is -26.4. The molecular formula is C54H84O25. The van der Waals surface area contributed by atoms with Crippen LogP contribution in [0, 0.1) is 50.2 Å². The summed E-state index contributed by atoms with van der Waals surface area (Å²) in [6.45, 7) is 11.7. The minimum Gasteiger partial charge on any atom is -0.481 e. The first-order chi connectivity index (χ1) is 36.8. The molecule has 4 saturated heterocycles. The van der Waals surface area contributed by atoms with E-state index >= 15 is 4.79 Å². The second-order valence-electron chi connectivity index (χ2n) is 26.1. The monoisotopic (exact) mass is 1130 g/mol. The third-order valence-corrected chi connectivity index (χ3v) is 21.1. The highest BCUT2D eigenvalue weighted by Crippen LogP contribution is 2.76. The molecule has 5 aliphatic carbocycles. The number of allylic oxidation sites excluding steroid dienone is 2. The molecule has 4 heterocycles. The highest BCUT2D eigenvalue weighted by Gasteiger charge is 2.74. The summed E-state index contributed by atoms with van der Waals surface area (Å²) in [5.74, 6) is -4.51. The van der Waals surface area contributed by atoms with Gasteiger partial charge in [-0.25, -0.2) is 0 Å². The number of rotatable bonds is 12. The lowest BCUT2D eigenvalue weighted by Gasteiger charge is -2.71. The van der Waals surface area contributed by atoms with Gasteiger partial charge >= 0.3 is 17.9 Å². The number of esters is 2. The Morgan fingerprint density at radius 3 is 2.00 bits per heavy atom. The third-order valence-electron chi connectivity index (χ3n) is 21.1. The molecule has 0 aromatic heterocycles. The van der Waals surface area contributed by atoms with Gasteiger partial charge in [-0.3, -0.25) is 14.4 Å². The molecule has 0 aromatic carbocycles. The van der Waals surface area contributed by atoms with Crippen molar-refractivity contribution in [3.8, 4) is 0 Å². The lowest BCUT2D eigenvalue weighted by molar-refractivity contribution is -0.362. The molecule has 0 bridgehead atoms. The van der Waals surface area contributed by atoms with Crippen molar-refractivity contribution in [2.75, 3.05) is 26.4 Å². The van der Waals surface area contributed by atoms with Gasteiger partial charge in [0.05, 0.1) is 50.2 Å². The predicted molar refractivity (Wildman–Crippen MR) is 264 cm³/mol. The molecule has 0 amide bonds. The first-order valence-corrected chi connectivity index (χ1v) is 27.7. The fourth-order valence-corrected chi connectivity index (χ4v) is 16.4. The van der Waals surface area contributed by atoms with Gasteiger partial charge < -0.3 is 109 Å². The summed E-state index contributed by atoms with van der Waals surface area (Å²) in [5, 5.41) is 144. The fourth-order valence-electron chi connectivity index (χ4n) is 16.4. The largest absolute Gasteiger partial charge is 0.481 e. The number of aliphatic hydroxyl groups excluding tert-OH is 11. The topological polar surface area (TPSA) is 397 Å². The van der Waals surface area contributed by atoms with Crippen LogP contribution in [0.3, 0.4) is 0 Å². The van der Waals surface area contributed by atoms with Crippen LogP contribution in [-0.2, 0) is 57.0 Å². The van der Waals surface area contributed by atoms with Crippen LogP contribution in [0.15, 0.2) is 11.6 Å². The van der Waals surface area contributed by atoms with E-state index in [0.29, 0.717) is 32.1 Å². The number of aliphatic hydroxyl groups is 12. The van der Waals surface area contributed by atoms with Gasteiger partial charge in [-0.15, -0.1) is 0 Å². The molecule has 3 unspecified atom stereocenters. The van der Waals surface area contributed by atoms with E-state index in [-0.39, 0.29) is 30.6 Å². The zero-order valence-corrected chi connectivity index (χ0v) is 46.0. The normalized spacial score (nSPS) is 53.3. The Labute approximate surface area is 457 Å². The Morgan fingerprint density at radius 1 is 0.696 bits per heavy atom. The lowest BCUT2D eigenvalue weighted by atomic mass is 9.33. The van der Waals surface area contributed by atoms with Gasteiger partial charge in [-0.05, 0) is 105 Å². The van der Waals surface area contributed by atoms with Gasteiger partial charge in [0.25, 0.3) is 0 Å². The Hall–Kier alpha value is -2.61. The minimum absolute atomic E-state index is 0.0535. The van der Waals surface area contributed by atoms with Crippen LogP contribution in [0.1, 0.15) is 107 Å². The van der Waals surface area contributed by atoms with Gasteiger partial charge in [0.1, 0.15) is 72.1 Å². The average Bonchev–Trinajstić information content (AvgIpc) is 3.67. The Morgan fingerprint density at radius 2 is 1.37 bits per heavy atom. The van der Waals surface area contributed by atoms with Gasteiger partial charge in [0.15, 0.2) is 31.1 Å². The van der Waals surface area contributed by atoms with E-state index in [1.165, 1.54) is 13.8 Å². The van der Waals surface area contributed by atoms with E-state index in [0.717, 1.165) is 12.5 Å². The summed E-state index contributed by atoms with van der Waals surface area (Å²) in [4.78, 5) is 41.4. The molecule has 4 saturated carbocycles. The quantitative estimate of drug-likeness (QED) is 0.0563. The molecule has 0 radical (unpaired) electrons. The molecule has 450 valence electrons. The number of fused-ring (bicyclic) bond motifs is 7. The number of aliphatic carboxylic acids is 1. The van der Waals surface area contributed by atoms with Gasteiger partial charge in [-0.2, -0.15) is 0 Å². The number of carbonyl (C=O) groups is 3. The minimum atomic E-state index is -2.13. The Bertz CT molecular complexity index is 2300. The molecule has 13 N–H and O–H groups in total. The predicted octanol–water partition coefficient (Wildman–Crippen LogP) is -2.15. The molecule has 25 heteroatoms. The van der Waals surface area contributed by atoms with Crippen molar-refractivity contribution < 1.29 is 123 Å². The van der Waals surface area contributed by atoms with E-state index in [1.54, 1.807) is 0 Å². The Balaban J connectivity index is 0.993. The second kappa shape index (κ2) is 21.5. The van der Waals surface area contributed by atoms with E-state index in [2.05, 4.69) is 33.8 Å². The fraction of sp³-hybridized carbons (Fsp3) is 0.907. The molecule has 0 spiro atoms. The molecule has 8 fully saturated rings. The molecule has 28 atom stereocenters. The number of ether oxygens (including phenoxy) is 9. The maximum Gasteiger partial charge on any atom is 0.317 e. The average molecular weight is 1130 g/mol. The van der Waals surface area contributed by atoms with Crippen molar-refractivity contribution in [2.45, 2.75) is 229 Å². The highest BCUT2D eigenvalue weighted by molar-refractivity contribution is 5.80. The zero-order valence-electron chi connectivity index (χ0n) is 46.0. The molecule has 79 heavy (non-hydrogen) atoms. The molecular weight excluding hydrogens is 1050 g/mol. The van der Waals surface area contributed by atoms with E-state index in [9.17, 15) is 76.0 Å². The van der Waals surface area contributed by atoms with Crippen LogP contribution in [0.5, 0.6) is 0 Å². The SMILES string of the molecule is CC(=O)O[C@@H]1[C@@H](O[C@@H]2OC[C@](O)(CO)[C@H]2O)[C@@H](O)[C@H](O[C@@H]2[C@H](OC(=O)[C@]34CCC(C)(C)CC3C3=CCC5[C@@]6(C)C[C@H](O)[C@H](O[C@@H]7O[C@H](CO)[C@@H](O)[C@H](O)[C@H]7O)[C@@](C)(C(=O)O)C6CC[C@@]5(C)[C@]3(C)C[C@H]4O)OC[C@@H](O)[C@H]2O)O[C@H]1C. The number of hydrogen-bond donors (Lipinski definition) is 13. The smallest absolute Gasteiger partial charge is 0.317 e. The van der Waals surface area contributed by atoms with Crippen molar-refractivity contribution in [1.82, 2.24) is 0 Å². The van der Waals surface area contributed by atoms with Gasteiger partial charge in [-0.1, -0.05) is 46.3 Å². The second-order valence-corrected chi connectivity index (χ2v) is 26.1. The summed E-state index contributed by atoms with van der Waals surface area (Å²) in [7, 11) is 0. The Kier molecular flexibility index (Phi) is 16.6. The van der Waals surface area contributed by atoms with Crippen molar-refractivity contribution >= 4 is 17.9 Å². The van der Waals surface area contributed by atoms with Crippen molar-refractivity contribution in [3.05, 3.63) is 11.6 Å². The van der Waals surface area contributed by atoms with Gasteiger partial charge in [0.2, 0.25) is 6.29 Å². The van der Waals surface area contributed by atoms with Crippen LogP contribution < -0.4 is 0 Å². The molecule has 9 rings (SSSR count). The summed E-state index contributed by atoms with van der Waals surface area (Å²) < 4.78 is 52.9. The van der Waals surface area contributed by atoms with Crippen LogP contribution in [-0.4, -0.2) is 233 Å². The molecule has 0 aromatic rings. The summed E-state index contributed by atoms with van der Waals surface area (Å²) in [6, 6.07) is 0. The van der Waals surface area contributed by atoms with Gasteiger partial charge in [0, 0.05) is 6.92 Å². The first kappa shape index (κ1) is 61.0. The van der Waals surface area contributed by atoms with Crippen LogP contribution in [0.25, 0.3) is 0 Å². The maximum absolute atomic E-state index is 15.4. The standard InChI is InChI=1S/C54H84O25/c1-22-37(74-23(2)57)38(76-45-40(66)53(70,20-56)21-72-45)36(65)43(73-22)77-39-32(61)27(59)19-71-44(39)79-47(69)54-14-13-48(3,4)15-25(54)24-9-10-29-49(5)16-26(58)41(78-42-35(64)34(63)33(62)28(18-55)75-42)52(8,46(67)68)30(49)11-12-50(29,6)51(24,7)17-31(54)60/h9,22,25-45,55-56,58-66,70H,10-21H2,1-8H3,(H,67,68)/t22-,25?,26-,27+,28+,29?,30?,31+,32+,33+,34-,35+,36+,37-,38-,39-,40-,41-,42-,43-,44-,45-,49+,50+,51+,52-,53+,54+/m0/s1. The van der Waals surface area contributed by atoms with E-state index in [1.807, 2.05) is 6.92 Å². The van der Waals surface area contributed by atoms with E-state index in [4.69, 9.17) is 42.6 Å². The number of carboxylic acid groups (broad SMARTS) is 1. The molecule has 9 aliphatic rings. The number of carboxylic acids is 1.